The molecule has 0 aromatic carbocycles. The summed E-state index contributed by atoms with van der Waals surface area (Å²) in [5.74, 6) is -0.479. The van der Waals surface area contributed by atoms with Gasteiger partial charge in [-0.1, -0.05) is 19.0 Å². The lowest BCUT2D eigenvalue weighted by atomic mass is 9.85. The van der Waals surface area contributed by atoms with E-state index in [0.29, 0.717) is 13.0 Å². The molecule has 0 aliphatic carbocycles. The second-order valence-electron chi connectivity index (χ2n) is 3.88. The van der Waals surface area contributed by atoms with E-state index >= 15 is 0 Å². The molecule has 0 bridgehead atoms. The minimum absolute atomic E-state index is 0.224. The summed E-state index contributed by atoms with van der Waals surface area (Å²) in [6.45, 7) is 5.63. The summed E-state index contributed by atoms with van der Waals surface area (Å²) in [4.78, 5) is 16.0. The van der Waals surface area contributed by atoms with E-state index < -0.39 is 17.7 Å². The van der Waals surface area contributed by atoms with Crippen molar-refractivity contribution in [2.45, 2.75) is 33.5 Å². The molecule has 0 radical (unpaired) electrons. The molecule has 14 heavy (non-hydrogen) atoms. The summed E-state index contributed by atoms with van der Waals surface area (Å²) >= 11 is 0. The van der Waals surface area contributed by atoms with Crippen LogP contribution < -0.4 is 0 Å². The summed E-state index contributed by atoms with van der Waals surface area (Å²) < 4.78 is 4.78. The van der Waals surface area contributed by atoms with Crippen molar-refractivity contribution in [2.75, 3.05) is 6.61 Å². The van der Waals surface area contributed by atoms with E-state index in [1.165, 1.54) is 0 Å². The molecular weight excluding hydrogens is 186 g/mol. The van der Waals surface area contributed by atoms with Crippen LogP contribution in [0.2, 0.25) is 0 Å². The van der Waals surface area contributed by atoms with Crippen molar-refractivity contribution in [3.63, 3.8) is 0 Å². The van der Waals surface area contributed by atoms with Crippen molar-refractivity contribution in [2.24, 2.45) is 10.6 Å². The molecular formula is C9H15NO4. The van der Waals surface area contributed by atoms with Crippen LogP contribution in [0.5, 0.6) is 0 Å². The molecule has 0 unspecified atom stereocenters. The van der Waals surface area contributed by atoms with Gasteiger partial charge < -0.3 is 14.7 Å². The molecule has 1 atom stereocenters. The van der Waals surface area contributed by atoms with Crippen LogP contribution in [0, 0.1) is 5.41 Å². The maximum atomic E-state index is 11.3. The first-order chi connectivity index (χ1) is 6.47. The molecule has 0 aromatic heterocycles. The van der Waals surface area contributed by atoms with Crippen LogP contribution in [0.4, 0.5) is 0 Å². The third-order valence-electron chi connectivity index (χ3n) is 2.07. The Balaban J connectivity index is 2.70. The van der Waals surface area contributed by atoms with E-state index in [9.17, 15) is 9.90 Å². The zero-order chi connectivity index (χ0) is 10.8. The van der Waals surface area contributed by atoms with E-state index in [-0.39, 0.29) is 5.71 Å². The summed E-state index contributed by atoms with van der Waals surface area (Å²) in [7, 11) is 0. The number of aliphatic hydroxyl groups excluding tert-OH is 1. The van der Waals surface area contributed by atoms with Gasteiger partial charge in [-0.3, -0.25) is 0 Å². The van der Waals surface area contributed by atoms with Crippen LogP contribution in [0.3, 0.4) is 0 Å². The van der Waals surface area contributed by atoms with Gasteiger partial charge in [0, 0.05) is 11.8 Å². The lowest BCUT2D eigenvalue weighted by molar-refractivity contribution is -0.173. The van der Waals surface area contributed by atoms with Gasteiger partial charge in [-0.05, 0) is 6.92 Å². The van der Waals surface area contributed by atoms with E-state index in [2.05, 4.69) is 5.16 Å². The van der Waals surface area contributed by atoms with Crippen molar-refractivity contribution in [3.05, 3.63) is 0 Å². The lowest BCUT2D eigenvalue weighted by Gasteiger charge is -2.31. The Hall–Kier alpha value is -1.10. The van der Waals surface area contributed by atoms with Gasteiger partial charge in [0.15, 0.2) is 5.71 Å². The van der Waals surface area contributed by atoms with Crippen molar-refractivity contribution < 1.29 is 19.5 Å². The van der Waals surface area contributed by atoms with Crippen molar-refractivity contribution in [3.8, 4) is 0 Å². The summed E-state index contributed by atoms with van der Waals surface area (Å²) in [6, 6.07) is 0. The standard InChI is InChI=1S/C9H15NO4/c1-4-13-7(11)6-5-9(2,3)8(12)14-10-6/h8,12H,4-5H2,1-3H3/t8-/m1/s1. The minimum atomic E-state index is -0.972. The number of esters is 1. The second kappa shape index (κ2) is 3.96. The quantitative estimate of drug-likeness (QED) is 0.667. The van der Waals surface area contributed by atoms with Gasteiger partial charge in [-0.2, -0.15) is 0 Å². The first-order valence-corrected chi connectivity index (χ1v) is 4.55. The van der Waals surface area contributed by atoms with Crippen LogP contribution in [-0.4, -0.2) is 29.7 Å². The summed E-state index contributed by atoms with van der Waals surface area (Å²) in [5, 5.41) is 12.9. The van der Waals surface area contributed by atoms with Crippen molar-refractivity contribution in [1.29, 1.82) is 0 Å². The monoisotopic (exact) mass is 201 g/mol. The third-order valence-corrected chi connectivity index (χ3v) is 2.07. The molecule has 1 N–H and O–H groups in total. The predicted molar refractivity (Wildman–Crippen MR) is 49.6 cm³/mol. The molecule has 5 heteroatoms. The summed E-state index contributed by atoms with van der Waals surface area (Å²) in [6.07, 6.45) is -0.617. The van der Waals surface area contributed by atoms with Crippen LogP contribution in [0.15, 0.2) is 5.16 Å². The molecule has 0 aromatic rings. The highest BCUT2D eigenvalue weighted by Gasteiger charge is 2.37. The Morgan fingerprint density at radius 1 is 1.79 bits per heavy atom. The van der Waals surface area contributed by atoms with E-state index in [1.54, 1.807) is 20.8 Å². The average Bonchev–Trinajstić information content (AvgIpc) is 2.10. The number of hydrogen-bond donors (Lipinski definition) is 1. The number of oxime groups is 1. The van der Waals surface area contributed by atoms with Crippen LogP contribution in [0.25, 0.3) is 0 Å². The molecule has 80 valence electrons. The second-order valence-corrected chi connectivity index (χ2v) is 3.88. The number of carbonyl (C=O) groups is 1. The first kappa shape index (κ1) is 11.0. The maximum absolute atomic E-state index is 11.3. The van der Waals surface area contributed by atoms with Gasteiger partial charge in [-0.15, -0.1) is 0 Å². The van der Waals surface area contributed by atoms with Crippen molar-refractivity contribution >= 4 is 11.7 Å². The first-order valence-electron chi connectivity index (χ1n) is 4.55. The van der Waals surface area contributed by atoms with E-state index in [0.717, 1.165) is 0 Å². The van der Waals surface area contributed by atoms with Gasteiger partial charge in [0.05, 0.1) is 6.61 Å². The summed E-state index contributed by atoms with van der Waals surface area (Å²) in [5.41, 5.74) is -0.286. The number of carbonyl (C=O) groups excluding carboxylic acids is 1. The fourth-order valence-corrected chi connectivity index (χ4v) is 1.13. The number of rotatable bonds is 2. The third kappa shape index (κ3) is 2.23. The number of ether oxygens (including phenoxy) is 1. The predicted octanol–water partition coefficient (Wildman–Crippen LogP) is 0.670. The average molecular weight is 201 g/mol. The molecule has 0 fully saturated rings. The zero-order valence-electron chi connectivity index (χ0n) is 8.61. The van der Waals surface area contributed by atoms with Crippen LogP contribution in [0.1, 0.15) is 27.2 Å². The van der Waals surface area contributed by atoms with Crippen LogP contribution in [-0.2, 0) is 14.4 Å². The normalized spacial score (nSPS) is 24.9. The molecule has 0 saturated carbocycles. The van der Waals surface area contributed by atoms with Gasteiger partial charge in [0.1, 0.15) is 0 Å². The molecule has 0 saturated heterocycles. The molecule has 1 aliphatic rings. The van der Waals surface area contributed by atoms with Crippen LogP contribution >= 0.6 is 0 Å². The number of aliphatic hydroxyl groups is 1. The molecule has 1 aliphatic heterocycles. The number of nitrogens with zero attached hydrogens (tertiary/aromatic N) is 1. The Kier molecular flexibility index (Phi) is 3.10. The van der Waals surface area contributed by atoms with Gasteiger partial charge in [-0.25, -0.2) is 4.79 Å². The smallest absolute Gasteiger partial charge is 0.356 e. The highest BCUT2D eigenvalue weighted by molar-refractivity contribution is 6.36. The zero-order valence-corrected chi connectivity index (χ0v) is 8.61. The molecule has 5 nitrogen and oxygen atoms in total. The SMILES string of the molecule is CCOC(=O)C1=NO[C@@H](O)C(C)(C)C1. The maximum Gasteiger partial charge on any atom is 0.356 e. The van der Waals surface area contributed by atoms with E-state index in [1.807, 2.05) is 0 Å². The van der Waals surface area contributed by atoms with Crippen molar-refractivity contribution in [1.82, 2.24) is 0 Å². The Bertz CT molecular complexity index is 260. The lowest BCUT2D eigenvalue weighted by Crippen LogP contribution is -2.39. The molecule has 0 amide bonds. The van der Waals surface area contributed by atoms with Gasteiger partial charge >= 0.3 is 5.97 Å². The molecule has 1 heterocycles. The fraction of sp³-hybridized carbons (Fsp3) is 0.778. The van der Waals surface area contributed by atoms with E-state index in [4.69, 9.17) is 9.57 Å². The topological polar surface area (TPSA) is 68.1 Å². The van der Waals surface area contributed by atoms with Gasteiger partial charge in [0.25, 0.3) is 0 Å². The highest BCUT2D eigenvalue weighted by atomic mass is 16.7. The Labute approximate surface area is 82.7 Å². The largest absolute Gasteiger partial charge is 0.461 e. The number of hydrogen-bond acceptors (Lipinski definition) is 5. The highest BCUT2D eigenvalue weighted by Crippen LogP contribution is 2.30. The Morgan fingerprint density at radius 2 is 2.43 bits per heavy atom. The van der Waals surface area contributed by atoms with Gasteiger partial charge in [0.2, 0.25) is 6.29 Å². The fourth-order valence-electron chi connectivity index (χ4n) is 1.13. The Morgan fingerprint density at radius 3 is 2.93 bits per heavy atom. The minimum Gasteiger partial charge on any atom is -0.461 e. The molecule has 1 rings (SSSR count). The molecule has 0 spiro atoms.